The molecule has 0 spiro atoms. The third kappa shape index (κ3) is 0.731. The van der Waals surface area contributed by atoms with Crippen molar-refractivity contribution in [3.8, 4) is 0 Å². The third-order valence-corrected chi connectivity index (χ3v) is 3.44. The van der Waals surface area contributed by atoms with E-state index in [-0.39, 0.29) is 10.7 Å². The molecule has 3 saturated carbocycles. The number of rotatable bonds is 1. The zero-order valence-electron chi connectivity index (χ0n) is 5.90. The molecule has 10 heavy (non-hydrogen) atoms. The highest BCUT2D eigenvalue weighted by Crippen LogP contribution is 2.56. The van der Waals surface area contributed by atoms with Crippen LogP contribution in [0.15, 0.2) is 0 Å². The second-order valence-electron chi connectivity index (χ2n) is 3.72. The minimum atomic E-state index is -0.0801. The first-order chi connectivity index (χ1) is 4.73. The summed E-state index contributed by atoms with van der Waals surface area (Å²) in [5, 5.41) is -0.0801. The molecule has 0 heterocycles. The highest BCUT2D eigenvalue weighted by molar-refractivity contribution is 6.64. The molecule has 0 amide bonds. The summed E-state index contributed by atoms with van der Waals surface area (Å²) < 4.78 is 0. The molecule has 3 rings (SSSR count). The van der Waals surface area contributed by atoms with Crippen molar-refractivity contribution in [2.24, 2.45) is 11.3 Å². The summed E-state index contributed by atoms with van der Waals surface area (Å²) in [4.78, 5) is 10.9. The molecular formula is C8H11ClO. The van der Waals surface area contributed by atoms with Gasteiger partial charge in [-0.3, -0.25) is 4.79 Å². The molecule has 2 heteroatoms. The van der Waals surface area contributed by atoms with Gasteiger partial charge in [-0.15, -0.1) is 0 Å². The summed E-state index contributed by atoms with van der Waals surface area (Å²) in [5.74, 6) is 0.830. The van der Waals surface area contributed by atoms with Gasteiger partial charge in [-0.2, -0.15) is 0 Å². The van der Waals surface area contributed by atoms with E-state index in [2.05, 4.69) is 0 Å². The second-order valence-corrected chi connectivity index (χ2v) is 4.06. The van der Waals surface area contributed by atoms with Crippen LogP contribution in [-0.4, -0.2) is 5.24 Å². The van der Waals surface area contributed by atoms with Gasteiger partial charge in [0, 0.05) is 5.41 Å². The lowest BCUT2D eigenvalue weighted by Crippen LogP contribution is -2.45. The highest BCUT2D eigenvalue weighted by Gasteiger charge is 2.51. The Kier molecular flexibility index (Phi) is 1.31. The zero-order chi connectivity index (χ0) is 7.19. The molecule has 0 aromatic carbocycles. The third-order valence-electron chi connectivity index (χ3n) is 3.04. The lowest BCUT2D eigenvalue weighted by molar-refractivity contribution is -0.132. The van der Waals surface area contributed by atoms with E-state index in [4.69, 9.17) is 11.6 Å². The van der Waals surface area contributed by atoms with Crippen LogP contribution in [0.3, 0.4) is 0 Å². The van der Waals surface area contributed by atoms with Gasteiger partial charge in [-0.1, -0.05) is 12.8 Å². The Morgan fingerprint density at radius 2 is 2.20 bits per heavy atom. The van der Waals surface area contributed by atoms with E-state index >= 15 is 0 Å². The van der Waals surface area contributed by atoms with Gasteiger partial charge >= 0.3 is 0 Å². The summed E-state index contributed by atoms with van der Waals surface area (Å²) in [6.07, 6.45) is 5.74. The van der Waals surface area contributed by atoms with Crippen molar-refractivity contribution in [3.05, 3.63) is 0 Å². The first kappa shape index (κ1) is 6.66. The first-order valence-corrected chi connectivity index (χ1v) is 4.31. The Labute approximate surface area is 65.7 Å². The summed E-state index contributed by atoms with van der Waals surface area (Å²) in [5.41, 5.74) is -0.0511. The van der Waals surface area contributed by atoms with Crippen LogP contribution in [0.25, 0.3) is 0 Å². The predicted octanol–water partition coefficient (Wildman–Crippen LogP) is 2.33. The van der Waals surface area contributed by atoms with Crippen molar-refractivity contribution in [1.29, 1.82) is 0 Å². The Balaban J connectivity index is 2.12. The van der Waals surface area contributed by atoms with Gasteiger partial charge in [0.05, 0.1) is 0 Å². The van der Waals surface area contributed by atoms with E-state index in [9.17, 15) is 4.79 Å². The molecule has 3 aliphatic carbocycles. The topological polar surface area (TPSA) is 17.1 Å². The Morgan fingerprint density at radius 3 is 2.50 bits per heavy atom. The van der Waals surface area contributed by atoms with E-state index in [0.717, 1.165) is 25.2 Å². The molecule has 0 aliphatic heterocycles. The fraction of sp³-hybridized carbons (Fsp3) is 0.875. The summed E-state index contributed by atoms with van der Waals surface area (Å²) in [7, 11) is 0. The maximum Gasteiger partial charge on any atom is 0.227 e. The molecule has 56 valence electrons. The van der Waals surface area contributed by atoms with Crippen LogP contribution in [0.5, 0.6) is 0 Å². The zero-order valence-corrected chi connectivity index (χ0v) is 6.66. The van der Waals surface area contributed by atoms with Crippen LogP contribution >= 0.6 is 11.6 Å². The van der Waals surface area contributed by atoms with Crippen LogP contribution in [-0.2, 0) is 4.79 Å². The molecule has 3 aliphatic rings. The normalized spacial score (nSPS) is 44.3. The molecule has 0 N–H and O–H groups in total. The average molecular weight is 159 g/mol. The minimum Gasteiger partial charge on any atom is -0.281 e. The Morgan fingerprint density at radius 1 is 1.50 bits per heavy atom. The van der Waals surface area contributed by atoms with Crippen LogP contribution in [0.1, 0.15) is 32.1 Å². The summed E-state index contributed by atoms with van der Waals surface area (Å²) in [6.45, 7) is 0. The molecule has 1 nitrogen and oxygen atoms in total. The molecule has 0 atom stereocenters. The van der Waals surface area contributed by atoms with Crippen LogP contribution in [0.2, 0.25) is 0 Å². The monoisotopic (exact) mass is 158 g/mol. The predicted molar refractivity (Wildman–Crippen MR) is 39.9 cm³/mol. The van der Waals surface area contributed by atoms with E-state index < -0.39 is 0 Å². The Hall–Kier alpha value is -0.0400. The van der Waals surface area contributed by atoms with Crippen LogP contribution in [0.4, 0.5) is 0 Å². The number of fused-ring (bicyclic) bond motifs is 2. The van der Waals surface area contributed by atoms with E-state index in [1.54, 1.807) is 0 Å². The lowest BCUT2D eigenvalue weighted by atomic mass is 9.55. The summed E-state index contributed by atoms with van der Waals surface area (Å²) in [6, 6.07) is 0. The fourth-order valence-electron chi connectivity index (χ4n) is 2.44. The van der Waals surface area contributed by atoms with E-state index in [1.807, 2.05) is 0 Å². The summed E-state index contributed by atoms with van der Waals surface area (Å²) >= 11 is 5.50. The smallest absolute Gasteiger partial charge is 0.227 e. The van der Waals surface area contributed by atoms with Gasteiger partial charge in [-0.25, -0.2) is 0 Å². The average Bonchev–Trinajstić information content (AvgIpc) is 1.87. The van der Waals surface area contributed by atoms with Gasteiger partial charge in [0.1, 0.15) is 0 Å². The van der Waals surface area contributed by atoms with Crippen molar-refractivity contribution in [3.63, 3.8) is 0 Å². The largest absolute Gasteiger partial charge is 0.281 e. The number of hydrogen-bond acceptors (Lipinski definition) is 1. The Bertz CT molecular complexity index is 165. The fourth-order valence-corrected chi connectivity index (χ4v) is 2.69. The van der Waals surface area contributed by atoms with E-state index in [1.165, 1.54) is 12.8 Å². The standard InChI is InChI=1S/C8H11ClO/c9-7(10)8-3-1-2-6(4-8)5-8/h6H,1-5H2. The highest BCUT2D eigenvalue weighted by atomic mass is 35.5. The maximum absolute atomic E-state index is 10.9. The molecule has 0 radical (unpaired) electrons. The van der Waals surface area contributed by atoms with E-state index in [0.29, 0.717) is 0 Å². The SMILES string of the molecule is O=C(Cl)C12CCCC(C1)C2. The number of halogens is 1. The van der Waals surface area contributed by atoms with Crippen LogP contribution in [0, 0.1) is 11.3 Å². The van der Waals surface area contributed by atoms with Gasteiger partial charge in [0.25, 0.3) is 0 Å². The maximum atomic E-state index is 10.9. The lowest BCUT2D eigenvalue weighted by Gasteiger charge is -2.49. The molecule has 0 saturated heterocycles. The second kappa shape index (κ2) is 1.97. The number of carbonyl (C=O) groups is 1. The first-order valence-electron chi connectivity index (χ1n) is 3.93. The quantitative estimate of drug-likeness (QED) is 0.536. The van der Waals surface area contributed by atoms with Crippen molar-refractivity contribution in [2.75, 3.05) is 0 Å². The minimum absolute atomic E-state index is 0.0511. The van der Waals surface area contributed by atoms with Crippen LogP contribution < -0.4 is 0 Å². The molecule has 0 aromatic heterocycles. The van der Waals surface area contributed by atoms with Gasteiger partial charge in [-0.05, 0) is 36.8 Å². The van der Waals surface area contributed by atoms with Crippen molar-refractivity contribution in [1.82, 2.24) is 0 Å². The molecule has 2 bridgehead atoms. The van der Waals surface area contributed by atoms with Gasteiger partial charge in [0.2, 0.25) is 5.24 Å². The molecular weight excluding hydrogens is 148 g/mol. The van der Waals surface area contributed by atoms with Gasteiger partial charge in [0.15, 0.2) is 0 Å². The molecule has 3 fully saturated rings. The molecule has 0 aromatic rings. The van der Waals surface area contributed by atoms with Crippen molar-refractivity contribution >= 4 is 16.8 Å². The van der Waals surface area contributed by atoms with Crippen molar-refractivity contribution < 1.29 is 4.79 Å². The van der Waals surface area contributed by atoms with Gasteiger partial charge < -0.3 is 0 Å². The number of carbonyl (C=O) groups excluding carboxylic acids is 1. The molecule has 0 unspecified atom stereocenters. The van der Waals surface area contributed by atoms with Crippen molar-refractivity contribution in [2.45, 2.75) is 32.1 Å². The number of hydrogen-bond donors (Lipinski definition) is 0.